The average Bonchev–Trinajstić information content (AvgIpc) is 2.43. The summed E-state index contributed by atoms with van der Waals surface area (Å²) in [6.45, 7) is 0. The first kappa shape index (κ1) is 9.91. The molecule has 0 atom stereocenters. The van der Waals surface area contributed by atoms with Crippen molar-refractivity contribution in [3.63, 3.8) is 0 Å². The van der Waals surface area contributed by atoms with Gasteiger partial charge in [-0.05, 0) is 5.56 Å². The highest BCUT2D eigenvalue weighted by molar-refractivity contribution is 6.46. The predicted octanol–water partition coefficient (Wildman–Crippen LogP) is 4.64. The quantitative estimate of drug-likeness (QED) is 0.754. The monoisotopic (exact) mass is 245 g/mol. The number of aromatic nitrogens is 1. The molecule has 72 valence electrons. The van der Waals surface area contributed by atoms with Gasteiger partial charge in [-0.2, -0.15) is 0 Å². The third-order valence-corrected chi connectivity index (χ3v) is 2.96. The van der Waals surface area contributed by atoms with E-state index in [1.54, 1.807) is 0 Å². The first-order valence-electron chi connectivity index (χ1n) is 3.98. The van der Waals surface area contributed by atoms with Crippen LogP contribution in [0, 0.1) is 0 Å². The number of aromatic amines is 1. The molecule has 4 heteroatoms. The molecule has 0 aliphatic heterocycles. The van der Waals surface area contributed by atoms with Crippen LogP contribution in [0.15, 0.2) is 30.3 Å². The maximum Gasteiger partial charge on any atom is 0.126 e. The molecule has 1 aromatic heterocycles. The van der Waals surface area contributed by atoms with Crippen molar-refractivity contribution in [1.82, 2.24) is 4.98 Å². The van der Waals surface area contributed by atoms with E-state index in [-0.39, 0.29) is 0 Å². The van der Waals surface area contributed by atoms with Crippen molar-refractivity contribution in [1.29, 1.82) is 0 Å². The zero-order valence-electron chi connectivity index (χ0n) is 7.02. The summed E-state index contributed by atoms with van der Waals surface area (Å²) >= 11 is 17.8. The zero-order chi connectivity index (χ0) is 10.1. The van der Waals surface area contributed by atoms with Crippen LogP contribution in [-0.2, 0) is 0 Å². The van der Waals surface area contributed by atoms with Gasteiger partial charge in [0.15, 0.2) is 0 Å². The molecule has 0 bridgehead atoms. The normalized spacial score (nSPS) is 10.5. The van der Waals surface area contributed by atoms with E-state index in [9.17, 15) is 0 Å². The van der Waals surface area contributed by atoms with Crippen molar-refractivity contribution in [2.75, 3.05) is 0 Å². The minimum atomic E-state index is 0.371. The summed E-state index contributed by atoms with van der Waals surface area (Å²) in [5, 5.41) is 1.30. The number of rotatable bonds is 1. The number of hydrogen-bond acceptors (Lipinski definition) is 0. The molecule has 0 aliphatic carbocycles. The Kier molecular flexibility index (Phi) is 2.73. The SMILES string of the molecule is Clc1[nH]c(Cl)c(-c2ccccc2)c1Cl. The smallest absolute Gasteiger partial charge is 0.126 e. The maximum absolute atomic E-state index is 6.00. The lowest BCUT2D eigenvalue weighted by Gasteiger charge is -1.98. The summed E-state index contributed by atoms with van der Waals surface area (Å²) < 4.78 is 0. The van der Waals surface area contributed by atoms with E-state index < -0.39 is 0 Å². The van der Waals surface area contributed by atoms with Crippen molar-refractivity contribution >= 4 is 34.8 Å². The number of H-pyrrole nitrogens is 1. The summed E-state index contributed by atoms with van der Waals surface area (Å²) in [4.78, 5) is 2.77. The number of hydrogen-bond donors (Lipinski definition) is 1. The van der Waals surface area contributed by atoms with E-state index in [0.717, 1.165) is 11.1 Å². The molecule has 0 unspecified atom stereocenters. The summed E-state index contributed by atoms with van der Waals surface area (Å²) in [5.74, 6) is 0. The molecule has 0 aliphatic rings. The van der Waals surface area contributed by atoms with Gasteiger partial charge in [-0.1, -0.05) is 65.1 Å². The fraction of sp³-hybridized carbons (Fsp3) is 0. The predicted molar refractivity (Wildman–Crippen MR) is 61.3 cm³/mol. The lowest BCUT2D eigenvalue weighted by atomic mass is 10.1. The second-order valence-corrected chi connectivity index (χ2v) is 3.94. The first-order valence-corrected chi connectivity index (χ1v) is 5.11. The second kappa shape index (κ2) is 3.85. The molecule has 0 amide bonds. The molecule has 0 saturated carbocycles. The summed E-state index contributed by atoms with van der Waals surface area (Å²) in [6, 6.07) is 9.62. The molecule has 0 spiro atoms. The number of nitrogens with one attached hydrogen (secondary N) is 1. The minimum absolute atomic E-state index is 0.371. The van der Waals surface area contributed by atoms with Gasteiger partial charge in [0.25, 0.3) is 0 Å². The highest BCUT2D eigenvalue weighted by Gasteiger charge is 2.14. The van der Waals surface area contributed by atoms with Crippen LogP contribution in [0.25, 0.3) is 11.1 Å². The van der Waals surface area contributed by atoms with Crippen LogP contribution >= 0.6 is 34.8 Å². The number of halogens is 3. The van der Waals surface area contributed by atoms with Crippen molar-refractivity contribution in [3.8, 4) is 11.1 Å². The van der Waals surface area contributed by atoms with Crippen molar-refractivity contribution < 1.29 is 0 Å². The Balaban J connectivity index is 2.62. The molecule has 0 fully saturated rings. The molecule has 2 aromatic rings. The van der Waals surface area contributed by atoms with Crippen LogP contribution in [0.1, 0.15) is 0 Å². The standard InChI is InChI=1S/C10H6Cl3N/c11-8-7(9(12)14-10(8)13)6-4-2-1-3-5-6/h1-5,14H. The Bertz CT molecular complexity index is 448. The lowest BCUT2D eigenvalue weighted by molar-refractivity contribution is 1.41. The summed E-state index contributed by atoms with van der Waals surface area (Å²) in [6.07, 6.45) is 0. The van der Waals surface area contributed by atoms with Gasteiger partial charge >= 0.3 is 0 Å². The van der Waals surface area contributed by atoms with Crippen LogP contribution in [0.4, 0.5) is 0 Å². The van der Waals surface area contributed by atoms with Crippen LogP contribution in [0.2, 0.25) is 15.3 Å². The molecular formula is C10H6Cl3N. The van der Waals surface area contributed by atoms with Crippen molar-refractivity contribution in [2.45, 2.75) is 0 Å². The third-order valence-electron chi connectivity index (χ3n) is 1.91. The molecule has 0 saturated heterocycles. The Morgan fingerprint density at radius 3 is 2.00 bits per heavy atom. The van der Waals surface area contributed by atoms with Gasteiger partial charge in [-0.15, -0.1) is 0 Å². The van der Waals surface area contributed by atoms with E-state index in [1.807, 2.05) is 30.3 Å². The average molecular weight is 247 g/mol. The Morgan fingerprint density at radius 1 is 0.857 bits per heavy atom. The molecular weight excluding hydrogens is 240 g/mol. The van der Waals surface area contributed by atoms with Gasteiger partial charge in [-0.25, -0.2) is 0 Å². The van der Waals surface area contributed by atoms with E-state index in [1.165, 1.54) is 0 Å². The second-order valence-electron chi connectivity index (χ2n) is 2.81. The molecule has 1 aromatic carbocycles. The van der Waals surface area contributed by atoms with Gasteiger partial charge in [-0.3, -0.25) is 0 Å². The Labute approximate surface area is 96.6 Å². The van der Waals surface area contributed by atoms with Crippen LogP contribution in [0.5, 0.6) is 0 Å². The Hall–Kier alpha value is -0.630. The van der Waals surface area contributed by atoms with Gasteiger partial charge in [0, 0.05) is 5.56 Å². The summed E-state index contributed by atoms with van der Waals surface area (Å²) in [7, 11) is 0. The van der Waals surface area contributed by atoms with E-state index in [0.29, 0.717) is 15.3 Å². The third kappa shape index (κ3) is 1.63. The van der Waals surface area contributed by atoms with Crippen LogP contribution < -0.4 is 0 Å². The topological polar surface area (TPSA) is 15.8 Å². The van der Waals surface area contributed by atoms with E-state index >= 15 is 0 Å². The fourth-order valence-electron chi connectivity index (χ4n) is 1.28. The molecule has 1 N–H and O–H groups in total. The molecule has 14 heavy (non-hydrogen) atoms. The minimum Gasteiger partial charge on any atom is -0.335 e. The van der Waals surface area contributed by atoms with E-state index in [4.69, 9.17) is 34.8 Å². The Morgan fingerprint density at radius 2 is 1.50 bits per heavy atom. The fourth-order valence-corrected chi connectivity index (χ4v) is 2.11. The van der Waals surface area contributed by atoms with Crippen LogP contribution in [0.3, 0.4) is 0 Å². The van der Waals surface area contributed by atoms with Gasteiger partial charge < -0.3 is 4.98 Å². The molecule has 2 rings (SSSR count). The van der Waals surface area contributed by atoms with Crippen molar-refractivity contribution in [2.24, 2.45) is 0 Å². The van der Waals surface area contributed by atoms with Gasteiger partial charge in [0.1, 0.15) is 10.3 Å². The van der Waals surface area contributed by atoms with Gasteiger partial charge in [0.2, 0.25) is 0 Å². The summed E-state index contributed by atoms with van der Waals surface area (Å²) in [5.41, 5.74) is 1.70. The molecule has 0 radical (unpaired) electrons. The van der Waals surface area contributed by atoms with Gasteiger partial charge in [0.05, 0.1) is 5.02 Å². The molecule has 1 nitrogen and oxygen atoms in total. The van der Waals surface area contributed by atoms with Crippen molar-refractivity contribution in [3.05, 3.63) is 45.7 Å². The lowest BCUT2D eigenvalue weighted by Crippen LogP contribution is -1.74. The highest BCUT2D eigenvalue weighted by atomic mass is 35.5. The number of benzene rings is 1. The largest absolute Gasteiger partial charge is 0.335 e. The first-order chi connectivity index (χ1) is 6.70. The van der Waals surface area contributed by atoms with Crippen LogP contribution in [-0.4, -0.2) is 4.98 Å². The van der Waals surface area contributed by atoms with E-state index in [2.05, 4.69) is 4.98 Å². The molecule has 1 heterocycles. The zero-order valence-corrected chi connectivity index (χ0v) is 9.29. The maximum atomic E-state index is 6.00. The highest BCUT2D eigenvalue weighted by Crippen LogP contribution is 2.38.